The fourth-order valence-electron chi connectivity index (χ4n) is 1.43. The van der Waals surface area contributed by atoms with Crippen LogP contribution in [0.5, 0.6) is 5.88 Å². The number of hydrogen-bond donors (Lipinski definition) is 0. The van der Waals surface area contributed by atoms with Crippen LogP contribution in [0.1, 0.15) is 35.0 Å². The highest BCUT2D eigenvalue weighted by Crippen LogP contribution is 2.35. The van der Waals surface area contributed by atoms with Crippen LogP contribution in [-0.2, 0) is 10.1 Å². The summed E-state index contributed by atoms with van der Waals surface area (Å²) in [6.07, 6.45) is -8.60. The van der Waals surface area contributed by atoms with Gasteiger partial charge in [0.05, 0.1) is 23.4 Å². The molecular weight excluding hydrogens is 369 g/mol. The van der Waals surface area contributed by atoms with E-state index in [2.05, 4.69) is 30.4 Å². The Bertz CT molecular complexity index is 521. The molecule has 0 spiro atoms. The van der Waals surface area contributed by atoms with Crippen molar-refractivity contribution in [3.63, 3.8) is 0 Å². The Hall–Kier alpha value is -1.45. The van der Waals surface area contributed by atoms with Crippen molar-refractivity contribution in [2.45, 2.75) is 25.0 Å². The fraction of sp³-hybridized carbons (Fsp3) is 0.455. The predicted octanol–water partition coefficient (Wildman–Crippen LogP) is 3.99. The van der Waals surface area contributed by atoms with Crippen LogP contribution in [-0.4, -0.2) is 23.9 Å². The lowest BCUT2D eigenvalue weighted by Gasteiger charge is -2.16. The average molecular weight is 378 g/mol. The first-order valence-corrected chi connectivity index (χ1v) is 6.62. The minimum atomic E-state index is -5.21. The zero-order valence-electron chi connectivity index (χ0n) is 10.5. The maximum Gasteiger partial charge on any atom is 0.574 e. The number of nitrogens with zero attached hydrogens (tertiary/aromatic N) is 1. The molecule has 0 unspecified atom stereocenters. The second kappa shape index (κ2) is 7.01. The third-order valence-corrected chi connectivity index (χ3v) is 2.71. The van der Waals surface area contributed by atoms with Crippen molar-refractivity contribution >= 4 is 21.9 Å². The van der Waals surface area contributed by atoms with E-state index in [4.69, 9.17) is 0 Å². The van der Waals surface area contributed by atoms with Gasteiger partial charge in [-0.15, -0.1) is 13.2 Å². The molecule has 0 saturated carbocycles. The standard InChI is InChI=1S/C11H9BrF5NO3/c1-2-20-10(19)6-3-5(4-12)18-9(7(6)8(13)14)21-11(15,16)17/h3,8H,2,4H2,1H3. The van der Waals surface area contributed by atoms with E-state index < -0.39 is 35.8 Å². The van der Waals surface area contributed by atoms with Gasteiger partial charge in [-0.2, -0.15) is 0 Å². The molecule has 0 aliphatic heterocycles. The minimum Gasteiger partial charge on any atom is -0.462 e. The summed E-state index contributed by atoms with van der Waals surface area (Å²) in [5.74, 6) is -2.54. The largest absolute Gasteiger partial charge is 0.574 e. The van der Waals surface area contributed by atoms with E-state index in [9.17, 15) is 26.7 Å². The van der Waals surface area contributed by atoms with Gasteiger partial charge < -0.3 is 9.47 Å². The molecule has 0 atom stereocenters. The zero-order chi connectivity index (χ0) is 16.2. The summed E-state index contributed by atoms with van der Waals surface area (Å²) in [6, 6.07) is 0.928. The van der Waals surface area contributed by atoms with Crippen LogP contribution in [0.3, 0.4) is 0 Å². The van der Waals surface area contributed by atoms with Crippen molar-refractivity contribution in [3.05, 3.63) is 22.9 Å². The van der Waals surface area contributed by atoms with Gasteiger partial charge in [0, 0.05) is 5.33 Å². The minimum absolute atomic E-state index is 0.0584. The van der Waals surface area contributed by atoms with Crippen LogP contribution in [0, 0.1) is 0 Å². The molecule has 4 nitrogen and oxygen atoms in total. The predicted molar refractivity (Wildman–Crippen MR) is 64.5 cm³/mol. The summed E-state index contributed by atoms with van der Waals surface area (Å²) in [5.41, 5.74) is -2.05. The Labute approximate surface area is 124 Å². The highest BCUT2D eigenvalue weighted by molar-refractivity contribution is 9.08. The molecule has 0 aliphatic carbocycles. The number of carbonyl (C=O) groups is 1. The van der Waals surface area contributed by atoms with Crippen molar-refractivity contribution in [1.82, 2.24) is 4.98 Å². The average Bonchev–Trinajstić information content (AvgIpc) is 2.35. The monoisotopic (exact) mass is 377 g/mol. The topological polar surface area (TPSA) is 48.4 Å². The Morgan fingerprint density at radius 1 is 1.43 bits per heavy atom. The molecule has 1 rings (SSSR count). The van der Waals surface area contributed by atoms with Crippen molar-refractivity contribution in [2.75, 3.05) is 6.61 Å². The van der Waals surface area contributed by atoms with E-state index in [1.54, 1.807) is 0 Å². The van der Waals surface area contributed by atoms with E-state index in [0.29, 0.717) is 0 Å². The molecule has 0 N–H and O–H groups in total. The number of esters is 1. The number of aromatic nitrogens is 1. The van der Waals surface area contributed by atoms with E-state index >= 15 is 0 Å². The number of ether oxygens (including phenoxy) is 2. The van der Waals surface area contributed by atoms with Crippen LogP contribution < -0.4 is 4.74 Å². The van der Waals surface area contributed by atoms with Gasteiger partial charge in [-0.25, -0.2) is 18.6 Å². The Kier molecular flexibility index (Phi) is 5.87. The first kappa shape index (κ1) is 17.6. The molecule has 118 valence electrons. The fourth-order valence-corrected chi connectivity index (χ4v) is 1.71. The van der Waals surface area contributed by atoms with Gasteiger partial charge in [0.25, 0.3) is 6.43 Å². The highest BCUT2D eigenvalue weighted by Gasteiger charge is 2.36. The van der Waals surface area contributed by atoms with Crippen molar-refractivity contribution in [1.29, 1.82) is 0 Å². The number of halogens is 6. The summed E-state index contributed by atoms with van der Waals surface area (Å²) in [6.45, 7) is 1.31. The maximum absolute atomic E-state index is 13.0. The van der Waals surface area contributed by atoms with Gasteiger partial charge >= 0.3 is 12.3 Å². The second-order valence-corrected chi connectivity index (χ2v) is 4.14. The van der Waals surface area contributed by atoms with Crippen molar-refractivity contribution < 1.29 is 36.2 Å². The molecule has 0 radical (unpaired) electrons. The summed E-state index contributed by atoms with van der Waals surface area (Å²) >= 11 is 2.92. The van der Waals surface area contributed by atoms with Gasteiger partial charge in [-0.1, -0.05) is 15.9 Å². The first-order valence-electron chi connectivity index (χ1n) is 5.50. The third-order valence-electron chi connectivity index (χ3n) is 2.14. The molecule has 1 aromatic rings. The molecule has 0 aliphatic rings. The molecule has 1 heterocycles. The number of carbonyl (C=O) groups excluding carboxylic acids is 1. The molecule has 0 aromatic carbocycles. The molecule has 0 saturated heterocycles. The third kappa shape index (κ3) is 4.80. The second-order valence-electron chi connectivity index (χ2n) is 3.58. The zero-order valence-corrected chi connectivity index (χ0v) is 12.1. The van der Waals surface area contributed by atoms with Crippen molar-refractivity contribution in [2.24, 2.45) is 0 Å². The van der Waals surface area contributed by atoms with E-state index in [-0.39, 0.29) is 17.6 Å². The quantitative estimate of drug-likeness (QED) is 0.442. The molecule has 21 heavy (non-hydrogen) atoms. The Morgan fingerprint density at radius 3 is 2.48 bits per heavy atom. The molecule has 1 aromatic heterocycles. The number of pyridine rings is 1. The normalized spacial score (nSPS) is 11.6. The van der Waals surface area contributed by atoms with Crippen LogP contribution in [0.15, 0.2) is 6.07 Å². The number of rotatable bonds is 5. The SMILES string of the molecule is CCOC(=O)c1cc(CBr)nc(OC(F)(F)F)c1C(F)F. The van der Waals surface area contributed by atoms with Crippen LogP contribution in [0.4, 0.5) is 22.0 Å². The Morgan fingerprint density at radius 2 is 2.05 bits per heavy atom. The summed E-state index contributed by atoms with van der Waals surface area (Å²) in [5, 5.41) is -0.0584. The van der Waals surface area contributed by atoms with Crippen LogP contribution in [0.2, 0.25) is 0 Å². The van der Waals surface area contributed by atoms with Crippen molar-refractivity contribution in [3.8, 4) is 5.88 Å². The van der Waals surface area contributed by atoms with Gasteiger partial charge in [0.1, 0.15) is 0 Å². The smallest absolute Gasteiger partial charge is 0.462 e. The number of alkyl halides is 6. The molecule has 0 bridgehead atoms. The molecule has 0 amide bonds. The lowest BCUT2D eigenvalue weighted by molar-refractivity contribution is -0.276. The van der Waals surface area contributed by atoms with E-state index in [1.807, 2.05) is 0 Å². The molecular formula is C11H9BrF5NO3. The Balaban J connectivity index is 3.46. The maximum atomic E-state index is 13.0. The van der Waals surface area contributed by atoms with Crippen LogP contribution in [0.25, 0.3) is 0 Å². The molecule has 0 fully saturated rings. The van der Waals surface area contributed by atoms with Gasteiger partial charge in [0.15, 0.2) is 0 Å². The first-order chi connectivity index (χ1) is 9.69. The van der Waals surface area contributed by atoms with E-state index in [1.165, 1.54) is 6.92 Å². The van der Waals surface area contributed by atoms with Gasteiger partial charge in [-0.05, 0) is 13.0 Å². The van der Waals surface area contributed by atoms with Crippen LogP contribution >= 0.6 is 15.9 Å². The lowest BCUT2D eigenvalue weighted by atomic mass is 10.1. The van der Waals surface area contributed by atoms with Gasteiger partial charge in [0.2, 0.25) is 5.88 Å². The molecule has 10 heteroatoms. The number of hydrogen-bond acceptors (Lipinski definition) is 4. The van der Waals surface area contributed by atoms with Gasteiger partial charge in [-0.3, -0.25) is 0 Å². The summed E-state index contributed by atoms with van der Waals surface area (Å²) in [4.78, 5) is 14.9. The summed E-state index contributed by atoms with van der Waals surface area (Å²) < 4.78 is 70.8. The summed E-state index contributed by atoms with van der Waals surface area (Å²) in [7, 11) is 0. The highest BCUT2D eigenvalue weighted by atomic mass is 79.9. The lowest BCUT2D eigenvalue weighted by Crippen LogP contribution is -2.21. The van der Waals surface area contributed by atoms with E-state index in [0.717, 1.165) is 6.07 Å².